The Morgan fingerprint density at radius 3 is 2.97 bits per heavy atom. The van der Waals surface area contributed by atoms with Crippen LogP contribution in [0.1, 0.15) is 29.0 Å². The fourth-order valence-corrected chi connectivity index (χ4v) is 3.83. The number of pyridine rings is 1. The van der Waals surface area contributed by atoms with Crippen LogP contribution in [0.25, 0.3) is 0 Å². The smallest absolute Gasteiger partial charge is 0.377 e. The van der Waals surface area contributed by atoms with E-state index < -0.39 is 17.6 Å². The molecule has 1 N–H and O–H groups in total. The van der Waals surface area contributed by atoms with Crippen molar-refractivity contribution in [2.24, 2.45) is 0 Å². The summed E-state index contributed by atoms with van der Waals surface area (Å²) in [5.41, 5.74) is -0.216. The number of anilines is 1. The molecule has 31 heavy (non-hydrogen) atoms. The Morgan fingerprint density at radius 2 is 2.19 bits per heavy atom. The third kappa shape index (κ3) is 5.10. The van der Waals surface area contributed by atoms with E-state index in [2.05, 4.69) is 20.3 Å². The summed E-state index contributed by atoms with van der Waals surface area (Å²) in [5, 5.41) is 2.84. The molecule has 166 valence electrons. The third-order valence-electron chi connectivity index (χ3n) is 5.32. The Labute approximate surface area is 176 Å². The van der Waals surface area contributed by atoms with Gasteiger partial charge in [0, 0.05) is 31.7 Å². The van der Waals surface area contributed by atoms with Crippen molar-refractivity contribution in [1.82, 2.24) is 20.3 Å². The van der Waals surface area contributed by atoms with Crippen LogP contribution in [-0.2, 0) is 15.7 Å². The summed E-state index contributed by atoms with van der Waals surface area (Å²) in [7, 11) is 0. The molecule has 2 aromatic heterocycles. The number of carbonyl (C=O) groups is 1. The van der Waals surface area contributed by atoms with Gasteiger partial charge in [0.25, 0.3) is 5.91 Å². The van der Waals surface area contributed by atoms with E-state index in [-0.39, 0.29) is 17.8 Å². The fourth-order valence-electron chi connectivity index (χ4n) is 3.83. The zero-order chi connectivity index (χ0) is 21.9. The summed E-state index contributed by atoms with van der Waals surface area (Å²) >= 11 is 0. The lowest BCUT2D eigenvalue weighted by atomic mass is 10.00. The molecule has 2 aliphatic rings. The molecule has 2 aliphatic heterocycles. The highest BCUT2D eigenvalue weighted by molar-refractivity contribution is 5.93. The van der Waals surface area contributed by atoms with Gasteiger partial charge in [-0.25, -0.2) is 9.97 Å². The Hall–Kier alpha value is -2.79. The van der Waals surface area contributed by atoms with Crippen molar-refractivity contribution in [3.8, 4) is 0 Å². The normalized spacial score (nSPS) is 24.2. The molecule has 0 aromatic carbocycles. The van der Waals surface area contributed by atoms with Crippen LogP contribution < -0.4 is 10.2 Å². The van der Waals surface area contributed by atoms with Crippen molar-refractivity contribution >= 4 is 11.7 Å². The van der Waals surface area contributed by atoms with Gasteiger partial charge in [-0.15, -0.1) is 0 Å². The molecule has 2 fully saturated rings. The number of hydrogen-bond donors (Lipinski definition) is 1. The number of nitrogens with zero attached hydrogens (tertiary/aromatic N) is 4. The highest BCUT2D eigenvalue weighted by Gasteiger charge is 2.44. The van der Waals surface area contributed by atoms with Gasteiger partial charge in [-0.2, -0.15) is 13.2 Å². The summed E-state index contributed by atoms with van der Waals surface area (Å²) in [4.78, 5) is 24.9. The number of rotatable bonds is 4. The van der Waals surface area contributed by atoms with E-state index >= 15 is 0 Å². The Bertz CT molecular complexity index is 914. The second-order valence-corrected chi connectivity index (χ2v) is 7.62. The first-order valence-electron chi connectivity index (χ1n) is 9.94. The highest BCUT2D eigenvalue weighted by Crippen LogP contribution is 2.34. The predicted octanol–water partition coefficient (Wildman–Crippen LogP) is 2.07. The minimum atomic E-state index is -4.61. The minimum Gasteiger partial charge on any atom is -0.377 e. The molecule has 2 saturated heterocycles. The van der Waals surface area contributed by atoms with Gasteiger partial charge in [0.05, 0.1) is 31.4 Å². The van der Waals surface area contributed by atoms with Crippen molar-refractivity contribution in [2.75, 3.05) is 37.7 Å². The molecular formula is C20H22F3N5O3. The first-order valence-corrected chi connectivity index (χ1v) is 9.94. The lowest BCUT2D eigenvalue weighted by Gasteiger charge is -2.32. The molecule has 11 heteroatoms. The van der Waals surface area contributed by atoms with Crippen LogP contribution >= 0.6 is 0 Å². The van der Waals surface area contributed by atoms with Gasteiger partial charge in [0.15, 0.2) is 0 Å². The fraction of sp³-hybridized carbons (Fsp3) is 0.500. The Balaban J connectivity index is 1.40. The standard InChI is InChI=1S/C20H22F3N5O3/c21-20(22,23)18-25-7-4-16(27-18)28-8-9-30-13-19(12-28)5-3-15(31-19)11-26-17(29)14-2-1-6-24-10-14/h1-2,4,6-7,10,15H,3,5,8-9,11-13H2,(H,26,29)/t15-,19-/m1/s1. The van der Waals surface area contributed by atoms with Crippen LogP contribution in [-0.4, -0.2) is 65.4 Å². The molecule has 1 amide bonds. The minimum absolute atomic E-state index is 0.184. The van der Waals surface area contributed by atoms with Crippen LogP contribution in [0.2, 0.25) is 0 Å². The predicted molar refractivity (Wildman–Crippen MR) is 103 cm³/mol. The van der Waals surface area contributed by atoms with E-state index in [1.165, 1.54) is 12.3 Å². The maximum atomic E-state index is 13.0. The number of aromatic nitrogens is 3. The van der Waals surface area contributed by atoms with Crippen LogP contribution in [0.4, 0.5) is 19.0 Å². The largest absolute Gasteiger partial charge is 0.451 e. The summed E-state index contributed by atoms with van der Waals surface area (Å²) < 4.78 is 50.9. The van der Waals surface area contributed by atoms with E-state index in [1.807, 2.05) is 0 Å². The van der Waals surface area contributed by atoms with Gasteiger partial charge < -0.3 is 19.7 Å². The maximum Gasteiger partial charge on any atom is 0.451 e. The topological polar surface area (TPSA) is 89.5 Å². The first kappa shape index (κ1) is 21.4. The van der Waals surface area contributed by atoms with Gasteiger partial charge in [-0.3, -0.25) is 9.78 Å². The SMILES string of the molecule is O=C(NC[C@H]1CC[C@@]2(COCCN(c3ccnc(C(F)(F)F)n3)C2)O1)c1cccnc1. The second-order valence-electron chi connectivity index (χ2n) is 7.62. The van der Waals surface area contributed by atoms with Gasteiger partial charge in [-0.05, 0) is 31.0 Å². The number of ether oxygens (including phenoxy) is 2. The molecule has 2 atom stereocenters. The molecule has 0 unspecified atom stereocenters. The number of alkyl halides is 3. The lowest BCUT2D eigenvalue weighted by Crippen LogP contribution is -2.46. The lowest BCUT2D eigenvalue weighted by molar-refractivity contribution is -0.144. The van der Waals surface area contributed by atoms with Crippen molar-refractivity contribution in [3.63, 3.8) is 0 Å². The van der Waals surface area contributed by atoms with Crippen LogP contribution in [0.5, 0.6) is 0 Å². The average Bonchev–Trinajstić information content (AvgIpc) is 3.04. The summed E-state index contributed by atoms with van der Waals surface area (Å²) in [6.07, 6.45) is 0.706. The van der Waals surface area contributed by atoms with Crippen molar-refractivity contribution in [2.45, 2.75) is 30.7 Å². The molecule has 4 heterocycles. The molecule has 0 bridgehead atoms. The molecule has 1 spiro atoms. The Morgan fingerprint density at radius 1 is 1.32 bits per heavy atom. The summed E-state index contributed by atoms with van der Waals surface area (Å²) in [5.74, 6) is -1.23. The summed E-state index contributed by atoms with van der Waals surface area (Å²) in [6, 6.07) is 4.81. The van der Waals surface area contributed by atoms with Crippen LogP contribution in [0, 0.1) is 0 Å². The van der Waals surface area contributed by atoms with E-state index in [1.54, 1.807) is 23.2 Å². The van der Waals surface area contributed by atoms with E-state index in [4.69, 9.17) is 9.47 Å². The maximum absolute atomic E-state index is 13.0. The number of amides is 1. The zero-order valence-corrected chi connectivity index (χ0v) is 16.6. The third-order valence-corrected chi connectivity index (χ3v) is 5.32. The molecule has 0 aliphatic carbocycles. The van der Waals surface area contributed by atoms with Crippen molar-refractivity contribution < 1.29 is 27.4 Å². The number of nitrogens with one attached hydrogen (secondary N) is 1. The molecule has 0 saturated carbocycles. The van der Waals surface area contributed by atoms with Crippen LogP contribution in [0.15, 0.2) is 36.8 Å². The van der Waals surface area contributed by atoms with Gasteiger partial charge in [-0.1, -0.05) is 0 Å². The van der Waals surface area contributed by atoms with Gasteiger partial charge >= 0.3 is 6.18 Å². The van der Waals surface area contributed by atoms with Crippen LogP contribution in [0.3, 0.4) is 0 Å². The van der Waals surface area contributed by atoms with Gasteiger partial charge in [0.1, 0.15) is 11.4 Å². The number of carbonyl (C=O) groups excluding carboxylic acids is 1. The molecule has 8 nitrogen and oxygen atoms in total. The quantitative estimate of drug-likeness (QED) is 0.783. The van der Waals surface area contributed by atoms with E-state index in [0.29, 0.717) is 51.3 Å². The average molecular weight is 437 g/mol. The highest BCUT2D eigenvalue weighted by atomic mass is 19.4. The van der Waals surface area contributed by atoms with E-state index in [9.17, 15) is 18.0 Å². The molecule has 0 radical (unpaired) electrons. The zero-order valence-electron chi connectivity index (χ0n) is 16.6. The Kier molecular flexibility index (Phi) is 6.05. The monoisotopic (exact) mass is 437 g/mol. The molecule has 2 aromatic rings. The van der Waals surface area contributed by atoms with Crippen molar-refractivity contribution in [3.05, 3.63) is 48.2 Å². The summed E-state index contributed by atoms with van der Waals surface area (Å²) in [6.45, 7) is 1.73. The van der Waals surface area contributed by atoms with Crippen molar-refractivity contribution in [1.29, 1.82) is 0 Å². The first-order chi connectivity index (χ1) is 14.8. The second kappa shape index (κ2) is 8.75. The molecule has 4 rings (SSSR count). The van der Waals surface area contributed by atoms with Gasteiger partial charge in [0.2, 0.25) is 5.82 Å². The van der Waals surface area contributed by atoms with E-state index in [0.717, 1.165) is 6.20 Å². The number of hydrogen-bond acceptors (Lipinski definition) is 7. The number of halogens is 3. The molecular weight excluding hydrogens is 415 g/mol.